The van der Waals surface area contributed by atoms with Crippen LogP contribution >= 0.6 is 39.3 Å². The van der Waals surface area contributed by atoms with E-state index in [2.05, 4.69) is 34.1 Å². The predicted octanol–water partition coefficient (Wildman–Crippen LogP) is 8.08. The summed E-state index contributed by atoms with van der Waals surface area (Å²) in [6.07, 6.45) is 1.70. The summed E-state index contributed by atoms with van der Waals surface area (Å²) in [6.45, 7) is 0.371. The van der Waals surface area contributed by atoms with Gasteiger partial charge in [-0.2, -0.15) is 0 Å². The van der Waals surface area contributed by atoms with Crippen molar-refractivity contribution in [2.45, 2.75) is 6.61 Å². The molecule has 34 heavy (non-hydrogen) atoms. The van der Waals surface area contributed by atoms with Crippen LogP contribution in [-0.4, -0.2) is 11.1 Å². The zero-order valence-corrected chi connectivity index (χ0v) is 20.9. The van der Waals surface area contributed by atoms with E-state index in [1.807, 2.05) is 42.5 Å². The predicted molar refractivity (Wildman–Crippen MR) is 142 cm³/mol. The van der Waals surface area contributed by atoms with Crippen molar-refractivity contribution in [2.75, 3.05) is 4.90 Å². The van der Waals surface area contributed by atoms with Crippen molar-refractivity contribution >= 4 is 73.0 Å². The molecule has 0 atom stereocenters. The highest BCUT2D eigenvalue weighted by atomic mass is 79.9. The largest absolute Gasteiger partial charge is 0.488 e. The number of carbonyl (C=O) groups is 2. The standard InChI is InChI=1S/C27H17BrClNO3S/c28-20-8-13-24(33-16-18-6-3-5-17-4-1-2-7-23(17)18)19(14-20)15-25-26(31)30(27(32)34-25)22-11-9-21(29)10-12-22/h1-15H,16H2/b25-15+. The van der Waals surface area contributed by atoms with Crippen LogP contribution in [0, 0.1) is 0 Å². The van der Waals surface area contributed by atoms with Crippen molar-refractivity contribution in [3.05, 3.63) is 110 Å². The van der Waals surface area contributed by atoms with E-state index in [0.717, 1.165) is 37.5 Å². The lowest BCUT2D eigenvalue weighted by Crippen LogP contribution is -2.27. The van der Waals surface area contributed by atoms with Gasteiger partial charge in [0.2, 0.25) is 0 Å². The summed E-state index contributed by atoms with van der Waals surface area (Å²) in [5.41, 5.74) is 2.25. The maximum atomic E-state index is 13.1. The zero-order chi connectivity index (χ0) is 23.7. The second-order valence-corrected chi connectivity index (χ2v) is 9.95. The molecule has 0 aliphatic carbocycles. The van der Waals surface area contributed by atoms with Gasteiger partial charge in [0.05, 0.1) is 10.6 Å². The first-order valence-electron chi connectivity index (χ1n) is 10.4. The Labute approximate surface area is 214 Å². The number of nitrogens with zero attached hydrogens (tertiary/aromatic N) is 1. The number of imide groups is 1. The molecule has 1 aliphatic heterocycles. The lowest BCUT2D eigenvalue weighted by atomic mass is 10.1. The minimum atomic E-state index is -0.377. The summed E-state index contributed by atoms with van der Waals surface area (Å²) < 4.78 is 7.03. The third kappa shape index (κ3) is 4.62. The third-order valence-electron chi connectivity index (χ3n) is 5.40. The minimum Gasteiger partial charge on any atom is -0.488 e. The molecule has 7 heteroatoms. The molecule has 4 aromatic rings. The Morgan fingerprint density at radius 1 is 0.941 bits per heavy atom. The van der Waals surface area contributed by atoms with E-state index in [-0.39, 0.29) is 11.1 Å². The molecule has 1 fully saturated rings. The molecule has 0 saturated carbocycles. The number of fused-ring (bicyclic) bond motifs is 1. The van der Waals surface area contributed by atoms with Gasteiger partial charge in [-0.05, 0) is 76.6 Å². The van der Waals surface area contributed by atoms with Crippen LogP contribution in [0.25, 0.3) is 16.8 Å². The number of benzene rings is 4. The Hall–Kier alpha value is -3.06. The number of rotatable bonds is 5. The molecule has 4 aromatic carbocycles. The molecular formula is C27H17BrClNO3S. The Morgan fingerprint density at radius 3 is 2.53 bits per heavy atom. The van der Waals surface area contributed by atoms with Gasteiger partial charge < -0.3 is 4.74 Å². The lowest BCUT2D eigenvalue weighted by molar-refractivity contribution is -0.113. The van der Waals surface area contributed by atoms with Gasteiger partial charge in [0.25, 0.3) is 11.1 Å². The van der Waals surface area contributed by atoms with Gasteiger partial charge in [0.15, 0.2) is 0 Å². The Bertz CT molecular complexity index is 1450. The number of hydrogen-bond acceptors (Lipinski definition) is 4. The van der Waals surface area contributed by atoms with E-state index < -0.39 is 0 Å². The van der Waals surface area contributed by atoms with E-state index >= 15 is 0 Å². The average Bonchev–Trinajstić information content (AvgIpc) is 3.12. The Balaban J connectivity index is 1.43. The second-order valence-electron chi connectivity index (χ2n) is 7.60. The number of halogens is 2. The topological polar surface area (TPSA) is 46.6 Å². The van der Waals surface area contributed by atoms with E-state index in [1.165, 1.54) is 0 Å². The van der Waals surface area contributed by atoms with E-state index in [4.69, 9.17) is 16.3 Å². The van der Waals surface area contributed by atoms with Crippen molar-refractivity contribution in [1.82, 2.24) is 0 Å². The molecule has 2 amide bonds. The van der Waals surface area contributed by atoms with Crippen LogP contribution in [0.1, 0.15) is 11.1 Å². The summed E-state index contributed by atoms with van der Waals surface area (Å²) in [5.74, 6) is 0.242. The Morgan fingerprint density at radius 2 is 1.71 bits per heavy atom. The van der Waals surface area contributed by atoms with Gasteiger partial charge in [-0.3, -0.25) is 9.59 Å². The van der Waals surface area contributed by atoms with Crippen molar-refractivity contribution in [1.29, 1.82) is 0 Å². The first kappa shape index (κ1) is 22.7. The summed E-state index contributed by atoms with van der Waals surface area (Å²) in [7, 11) is 0. The third-order valence-corrected chi connectivity index (χ3v) is 7.01. The van der Waals surface area contributed by atoms with Gasteiger partial charge in [-0.1, -0.05) is 70.0 Å². The molecule has 0 N–H and O–H groups in total. The maximum Gasteiger partial charge on any atom is 0.298 e. The molecule has 0 radical (unpaired) electrons. The van der Waals surface area contributed by atoms with Gasteiger partial charge in [-0.25, -0.2) is 4.90 Å². The fourth-order valence-corrected chi connectivity index (χ4v) is 5.10. The fraction of sp³-hybridized carbons (Fsp3) is 0.0370. The zero-order valence-electron chi connectivity index (χ0n) is 17.7. The van der Waals surface area contributed by atoms with Gasteiger partial charge >= 0.3 is 0 Å². The normalized spacial score (nSPS) is 14.9. The van der Waals surface area contributed by atoms with E-state index in [0.29, 0.717) is 33.5 Å². The van der Waals surface area contributed by atoms with Gasteiger partial charge in [0, 0.05) is 15.1 Å². The van der Waals surface area contributed by atoms with Crippen molar-refractivity contribution < 1.29 is 14.3 Å². The molecule has 1 heterocycles. The van der Waals surface area contributed by atoms with E-state index in [9.17, 15) is 9.59 Å². The van der Waals surface area contributed by atoms with Gasteiger partial charge in [-0.15, -0.1) is 0 Å². The highest BCUT2D eigenvalue weighted by molar-refractivity contribution is 9.10. The summed E-state index contributed by atoms with van der Waals surface area (Å²) in [5, 5.41) is 2.46. The molecule has 168 valence electrons. The molecule has 0 spiro atoms. The Kier molecular flexibility index (Phi) is 6.46. The smallest absolute Gasteiger partial charge is 0.298 e. The molecule has 0 aromatic heterocycles. The summed E-state index contributed by atoms with van der Waals surface area (Å²) >= 11 is 10.3. The maximum absolute atomic E-state index is 13.1. The lowest BCUT2D eigenvalue weighted by Gasteiger charge is -2.13. The summed E-state index contributed by atoms with van der Waals surface area (Å²) in [6, 6.07) is 26.5. The average molecular weight is 551 g/mol. The minimum absolute atomic E-state index is 0.327. The first-order chi connectivity index (χ1) is 16.5. The molecule has 5 rings (SSSR count). The summed E-state index contributed by atoms with van der Waals surface area (Å²) in [4.78, 5) is 27.2. The van der Waals surface area contributed by atoms with Crippen LogP contribution in [0.3, 0.4) is 0 Å². The molecule has 1 aliphatic rings. The molecule has 0 unspecified atom stereocenters. The number of thioether (sulfide) groups is 1. The van der Waals surface area contributed by atoms with Crippen molar-refractivity contribution in [2.24, 2.45) is 0 Å². The SMILES string of the molecule is O=C1S/C(=C/c2cc(Br)ccc2OCc2cccc3ccccc23)C(=O)N1c1ccc(Cl)cc1. The number of hydrogen-bond donors (Lipinski definition) is 0. The van der Waals surface area contributed by atoms with Crippen molar-refractivity contribution in [3.63, 3.8) is 0 Å². The number of amides is 2. The van der Waals surface area contributed by atoms with E-state index in [1.54, 1.807) is 30.3 Å². The molecular weight excluding hydrogens is 534 g/mol. The quantitative estimate of drug-likeness (QED) is 0.236. The van der Waals surface area contributed by atoms with Crippen LogP contribution < -0.4 is 9.64 Å². The second kappa shape index (κ2) is 9.66. The van der Waals surface area contributed by atoms with Crippen LogP contribution in [0.5, 0.6) is 5.75 Å². The number of anilines is 1. The van der Waals surface area contributed by atoms with Crippen molar-refractivity contribution in [3.8, 4) is 5.75 Å². The van der Waals surface area contributed by atoms with Crippen LogP contribution in [0.2, 0.25) is 5.02 Å². The molecule has 4 nitrogen and oxygen atoms in total. The number of carbonyl (C=O) groups excluding carboxylic acids is 2. The van der Waals surface area contributed by atoms with Crippen LogP contribution in [0.4, 0.5) is 10.5 Å². The van der Waals surface area contributed by atoms with Gasteiger partial charge in [0.1, 0.15) is 12.4 Å². The molecule has 0 bridgehead atoms. The highest BCUT2D eigenvalue weighted by Gasteiger charge is 2.36. The fourth-order valence-electron chi connectivity index (χ4n) is 3.76. The van der Waals surface area contributed by atoms with Crippen LogP contribution in [0.15, 0.2) is 94.3 Å². The highest BCUT2D eigenvalue weighted by Crippen LogP contribution is 2.38. The van der Waals surface area contributed by atoms with Crippen LogP contribution in [-0.2, 0) is 11.4 Å². The monoisotopic (exact) mass is 549 g/mol. The first-order valence-corrected chi connectivity index (χ1v) is 12.4. The molecule has 1 saturated heterocycles. The number of ether oxygens (including phenoxy) is 1.